The van der Waals surface area contributed by atoms with E-state index in [0.29, 0.717) is 35.1 Å². The number of anilines is 1. The molecule has 2 amide bonds. The molecule has 1 N–H and O–H groups in total. The molecule has 30 heavy (non-hydrogen) atoms. The van der Waals surface area contributed by atoms with Crippen molar-refractivity contribution in [3.63, 3.8) is 0 Å². The molecular weight excluding hydrogens is 406 g/mol. The number of methoxy groups -OCH3 is 3. The molecule has 158 valence electrons. The molecule has 1 heterocycles. The molecule has 0 spiro atoms. The van der Waals surface area contributed by atoms with Crippen molar-refractivity contribution in [2.75, 3.05) is 33.3 Å². The van der Waals surface area contributed by atoms with Crippen LogP contribution >= 0.6 is 11.3 Å². The average Bonchev–Trinajstić information content (AvgIpc) is 3.06. The highest BCUT2D eigenvalue weighted by atomic mass is 32.1. The molecule has 3 rings (SSSR count). The van der Waals surface area contributed by atoms with Crippen LogP contribution in [-0.4, -0.2) is 44.3 Å². The van der Waals surface area contributed by atoms with Gasteiger partial charge in [-0.1, -0.05) is 17.4 Å². The maximum Gasteiger partial charge on any atom is 0.287 e. The highest BCUT2D eigenvalue weighted by Crippen LogP contribution is 2.29. The van der Waals surface area contributed by atoms with E-state index >= 15 is 0 Å². The van der Waals surface area contributed by atoms with E-state index in [-0.39, 0.29) is 11.5 Å². The second-order valence-electron chi connectivity index (χ2n) is 6.35. The van der Waals surface area contributed by atoms with E-state index in [1.165, 1.54) is 32.5 Å². The molecule has 0 aliphatic rings. The lowest BCUT2D eigenvalue weighted by Gasteiger charge is -2.10. The zero-order valence-corrected chi connectivity index (χ0v) is 18.0. The van der Waals surface area contributed by atoms with Crippen LogP contribution < -0.4 is 19.6 Å². The summed E-state index contributed by atoms with van der Waals surface area (Å²) in [5.41, 5.74) is 1.83. The lowest BCUT2D eigenvalue weighted by molar-refractivity contribution is -0.114. The molecule has 0 saturated heterocycles. The summed E-state index contributed by atoms with van der Waals surface area (Å²) in [5.74, 6) is 0.159. The number of rotatable bonds is 7. The molecule has 0 aliphatic carbocycles. The van der Waals surface area contributed by atoms with Crippen LogP contribution in [-0.2, 0) is 16.1 Å². The number of thiazole rings is 1. The quantitative estimate of drug-likeness (QED) is 0.623. The minimum atomic E-state index is -0.468. The van der Waals surface area contributed by atoms with Gasteiger partial charge in [-0.3, -0.25) is 9.59 Å². The number of carbonyl (C=O) groups excluding carboxylic acids is 2. The Kier molecular flexibility index (Phi) is 6.86. The van der Waals surface area contributed by atoms with Crippen LogP contribution in [0, 0.1) is 0 Å². The van der Waals surface area contributed by atoms with Crippen LogP contribution in [0.3, 0.4) is 0 Å². The minimum absolute atomic E-state index is 0.151. The van der Waals surface area contributed by atoms with Crippen molar-refractivity contribution in [2.45, 2.75) is 13.5 Å². The van der Waals surface area contributed by atoms with Crippen molar-refractivity contribution in [2.24, 2.45) is 4.99 Å². The zero-order valence-electron chi connectivity index (χ0n) is 17.2. The van der Waals surface area contributed by atoms with Crippen molar-refractivity contribution in [3.8, 4) is 11.5 Å². The minimum Gasteiger partial charge on any atom is -0.496 e. The molecule has 0 saturated carbocycles. The third-order valence-electron chi connectivity index (χ3n) is 4.36. The number of aromatic nitrogens is 1. The second kappa shape index (κ2) is 9.55. The zero-order chi connectivity index (χ0) is 21.7. The predicted octanol–water partition coefficient (Wildman–Crippen LogP) is 3.07. The summed E-state index contributed by atoms with van der Waals surface area (Å²) in [5, 5.41) is 2.77. The van der Waals surface area contributed by atoms with Gasteiger partial charge < -0.3 is 24.1 Å². The molecule has 0 bridgehead atoms. The number of hydrogen-bond donors (Lipinski definition) is 1. The molecule has 0 fully saturated rings. The first-order valence-corrected chi connectivity index (χ1v) is 10.00. The van der Waals surface area contributed by atoms with Gasteiger partial charge in [0.2, 0.25) is 5.91 Å². The third kappa shape index (κ3) is 4.52. The highest BCUT2D eigenvalue weighted by Gasteiger charge is 2.18. The number of fused-ring (bicyclic) bond motifs is 1. The summed E-state index contributed by atoms with van der Waals surface area (Å²) in [6, 6.07) is 10.7. The fourth-order valence-corrected chi connectivity index (χ4v) is 4.14. The van der Waals surface area contributed by atoms with Crippen LogP contribution in [0.25, 0.3) is 10.2 Å². The van der Waals surface area contributed by atoms with Crippen molar-refractivity contribution in [3.05, 3.63) is 46.8 Å². The number of nitrogens with one attached hydrogen (secondary N) is 1. The van der Waals surface area contributed by atoms with E-state index in [9.17, 15) is 9.59 Å². The van der Waals surface area contributed by atoms with E-state index in [4.69, 9.17) is 14.2 Å². The average molecular weight is 429 g/mol. The lowest BCUT2D eigenvalue weighted by Crippen LogP contribution is -2.19. The van der Waals surface area contributed by atoms with Gasteiger partial charge >= 0.3 is 0 Å². The number of amides is 2. The van der Waals surface area contributed by atoms with E-state index < -0.39 is 5.91 Å². The number of nitrogens with zero attached hydrogens (tertiary/aromatic N) is 2. The molecule has 8 nitrogen and oxygen atoms in total. The Morgan fingerprint density at radius 1 is 1.10 bits per heavy atom. The third-order valence-corrected chi connectivity index (χ3v) is 5.40. The number of hydrogen-bond acceptors (Lipinski definition) is 6. The molecule has 1 aromatic heterocycles. The maximum atomic E-state index is 13.1. The van der Waals surface area contributed by atoms with E-state index in [1.807, 2.05) is 22.8 Å². The summed E-state index contributed by atoms with van der Waals surface area (Å²) in [7, 11) is 4.60. The van der Waals surface area contributed by atoms with Crippen LogP contribution in [0.5, 0.6) is 11.5 Å². The fraction of sp³-hybridized carbons (Fsp3) is 0.286. The van der Waals surface area contributed by atoms with Gasteiger partial charge in [0.15, 0.2) is 4.80 Å². The Hall–Kier alpha value is -3.17. The summed E-state index contributed by atoms with van der Waals surface area (Å²) >= 11 is 1.35. The van der Waals surface area contributed by atoms with Crippen molar-refractivity contribution >= 4 is 39.1 Å². The molecule has 0 radical (unpaired) electrons. The normalized spacial score (nSPS) is 11.5. The SMILES string of the molecule is COCCn1c(=NC(=O)c2c(OC)cccc2OC)sc2cc(NC(C)=O)ccc21. The Morgan fingerprint density at radius 2 is 1.80 bits per heavy atom. The first kappa shape index (κ1) is 21.5. The molecule has 2 aromatic carbocycles. The molecule has 0 unspecified atom stereocenters. The Balaban J connectivity index is 2.15. The number of benzene rings is 2. The Bertz CT molecular complexity index is 1130. The van der Waals surface area contributed by atoms with Crippen LogP contribution in [0.4, 0.5) is 5.69 Å². The maximum absolute atomic E-state index is 13.1. The highest BCUT2D eigenvalue weighted by molar-refractivity contribution is 7.16. The molecule has 0 atom stereocenters. The number of carbonyl (C=O) groups is 2. The van der Waals surface area contributed by atoms with Crippen LogP contribution in [0.15, 0.2) is 41.4 Å². The van der Waals surface area contributed by atoms with Gasteiger partial charge in [0.1, 0.15) is 17.1 Å². The van der Waals surface area contributed by atoms with Gasteiger partial charge in [-0.2, -0.15) is 4.99 Å². The van der Waals surface area contributed by atoms with E-state index in [0.717, 1.165) is 10.2 Å². The standard InChI is InChI=1S/C21H23N3O5S/c1-13(25)22-14-8-9-15-18(12-14)30-21(24(15)10-11-27-2)23-20(26)19-16(28-3)6-5-7-17(19)29-4/h5-9,12H,10-11H2,1-4H3,(H,22,25). The second-order valence-corrected chi connectivity index (χ2v) is 7.36. The van der Waals surface area contributed by atoms with E-state index in [1.54, 1.807) is 25.3 Å². The first-order chi connectivity index (χ1) is 14.5. The van der Waals surface area contributed by atoms with Gasteiger partial charge in [0, 0.05) is 26.3 Å². The smallest absolute Gasteiger partial charge is 0.287 e. The Morgan fingerprint density at radius 3 is 2.40 bits per heavy atom. The van der Waals surface area contributed by atoms with Gasteiger partial charge in [0.05, 0.1) is 31.0 Å². The lowest BCUT2D eigenvalue weighted by atomic mass is 10.1. The summed E-state index contributed by atoms with van der Waals surface area (Å²) in [6.07, 6.45) is 0. The molecular formula is C21H23N3O5S. The molecule has 3 aromatic rings. The Labute approximate surface area is 177 Å². The van der Waals surface area contributed by atoms with Gasteiger partial charge in [-0.05, 0) is 30.3 Å². The van der Waals surface area contributed by atoms with Crippen molar-refractivity contribution in [1.29, 1.82) is 0 Å². The van der Waals surface area contributed by atoms with Crippen molar-refractivity contribution in [1.82, 2.24) is 4.57 Å². The molecule has 0 aliphatic heterocycles. The first-order valence-electron chi connectivity index (χ1n) is 9.18. The van der Waals surface area contributed by atoms with E-state index in [2.05, 4.69) is 10.3 Å². The van der Waals surface area contributed by atoms with Gasteiger partial charge in [-0.25, -0.2) is 0 Å². The fourth-order valence-electron chi connectivity index (χ4n) is 3.04. The molecule has 9 heteroatoms. The van der Waals surface area contributed by atoms with Gasteiger partial charge in [-0.15, -0.1) is 0 Å². The summed E-state index contributed by atoms with van der Waals surface area (Å²) in [6.45, 7) is 2.43. The van der Waals surface area contributed by atoms with Crippen LogP contribution in [0.2, 0.25) is 0 Å². The topological polar surface area (TPSA) is 91.2 Å². The van der Waals surface area contributed by atoms with Crippen LogP contribution in [0.1, 0.15) is 17.3 Å². The monoisotopic (exact) mass is 429 g/mol. The largest absolute Gasteiger partial charge is 0.496 e. The summed E-state index contributed by atoms with van der Waals surface area (Å²) < 4.78 is 18.7. The predicted molar refractivity (Wildman–Crippen MR) is 115 cm³/mol. The summed E-state index contributed by atoms with van der Waals surface area (Å²) in [4.78, 5) is 29.3. The number of ether oxygens (including phenoxy) is 3. The van der Waals surface area contributed by atoms with Gasteiger partial charge in [0.25, 0.3) is 5.91 Å². The van der Waals surface area contributed by atoms with Crippen molar-refractivity contribution < 1.29 is 23.8 Å².